The molecular formula is C35H30N2O10. The monoisotopic (exact) mass is 638 g/mol. The maximum absolute atomic E-state index is 13.7. The minimum Gasteiger partial charge on any atom is -0.507 e. The molecule has 6 aromatic rings. The zero-order valence-electron chi connectivity index (χ0n) is 26.0. The Balaban J connectivity index is 1.38. The maximum Gasteiger partial charge on any atom is 0.201 e. The Labute approximate surface area is 266 Å². The maximum atomic E-state index is 13.7. The molecule has 0 aliphatic carbocycles. The predicted molar refractivity (Wildman–Crippen MR) is 177 cm³/mol. The molecule has 12 nitrogen and oxygen atoms in total. The number of aromatic hydroxyl groups is 4. The number of pyridine rings is 2. The van der Waals surface area contributed by atoms with Gasteiger partial charge >= 0.3 is 0 Å². The highest BCUT2D eigenvalue weighted by atomic mass is 16.6. The summed E-state index contributed by atoms with van der Waals surface area (Å²) in [7, 11) is 6.22. The number of phenolic OH excluding ortho intramolecular Hbond substituents is 4. The molecule has 0 amide bonds. The molecule has 0 saturated heterocycles. The van der Waals surface area contributed by atoms with Gasteiger partial charge in [-0.05, 0) is 43.3 Å². The van der Waals surface area contributed by atoms with Crippen molar-refractivity contribution in [3.8, 4) is 46.0 Å². The Hall–Kier alpha value is -6.04. The number of hydrogen-bond acceptors (Lipinski definition) is 10. The van der Waals surface area contributed by atoms with E-state index in [1.807, 2.05) is 0 Å². The van der Waals surface area contributed by atoms with E-state index in [4.69, 9.17) is 18.9 Å². The summed E-state index contributed by atoms with van der Waals surface area (Å²) in [5.41, 5.74) is -0.623. The van der Waals surface area contributed by atoms with Gasteiger partial charge in [0.05, 0.1) is 52.3 Å². The quantitative estimate of drug-likeness (QED) is 0.198. The number of fused-ring (bicyclic) bond motifs is 6. The van der Waals surface area contributed by atoms with E-state index in [1.54, 1.807) is 66.6 Å². The Morgan fingerprint density at radius 2 is 1.45 bits per heavy atom. The first-order valence-corrected chi connectivity index (χ1v) is 14.5. The smallest absolute Gasteiger partial charge is 0.201 e. The van der Waals surface area contributed by atoms with Gasteiger partial charge in [0.1, 0.15) is 35.1 Å². The molecule has 4 N–H and O–H groups in total. The molecule has 4 aromatic carbocycles. The number of aromatic nitrogens is 2. The van der Waals surface area contributed by atoms with Crippen LogP contribution in [0.5, 0.6) is 46.0 Å². The average molecular weight is 639 g/mol. The van der Waals surface area contributed by atoms with Crippen molar-refractivity contribution in [2.75, 3.05) is 20.8 Å². The van der Waals surface area contributed by atoms with Crippen LogP contribution in [0.1, 0.15) is 12.5 Å². The molecule has 240 valence electrons. The lowest BCUT2D eigenvalue weighted by Gasteiger charge is -2.34. The zero-order valence-corrected chi connectivity index (χ0v) is 26.0. The Kier molecular flexibility index (Phi) is 6.46. The van der Waals surface area contributed by atoms with E-state index in [9.17, 15) is 30.0 Å². The topological polar surface area (TPSA) is 162 Å². The molecule has 12 heteroatoms. The third-order valence-electron chi connectivity index (χ3n) is 8.76. The molecule has 2 aromatic heterocycles. The van der Waals surface area contributed by atoms with E-state index in [2.05, 4.69) is 0 Å². The third kappa shape index (κ3) is 4.14. The van der Waals surface area contributed by atoms with E-state index in [0.717, 1.165) is 6.07 Å². The van der Waals surface area contributed by atoms with E-state index in [0.29, 0.717) is 27.9 Å². The van der Waals surface area contributed by atoms with Gasteiger partial charge in [0, 0.05) is 31.8 Å². The third-order valence-corrected chi connectivity index (χ3v) is 8.76. The van der Waals surface area contributed by atoms with E-state index >= 15 is 0 Å². The number of para-hydroxylation sites is 1. The Morgan fingerprint density at radius 1 is 0.787 bits per heavy atom. The van der Waals surface area contributed by atoms with Crippen LogP contribution in [-0.4, -0.2) is 56.0 Å². The van der Waals surface area contributed by atoms with Gasteiger partial charge < -0.3 is 48.5 Å². The van der Waals surface area contributed by atoms with Crippen LogP contribution in [0.4, 0.5) is 0 Å². The van der Waals surface area contributed by atoms with E-state index in [1.165, 1.54) is 26.4 Å². The number of ether oxygens (including phenoxy) is 4. The van der Waals surface area contributed by atoms with Crippen LogP contribution in [0.2, 0.25) is 0 Å². The first-order chi connectivity index (χ1) is 22.4. The number of aryl methyl sites for hydroxylation is 2. The number of nitrogens with zero attached hydrogens (tertiary/aromatic N) is 2. The molecule has 0 bridgehead atoms. The second-order valence-electron chi connectivity index (χ2n) is 11.7. The standard InChI is InChI=1S/C35H30N2O10/c1-35(12-11-16-20(39)13-21(40)25-28(16)36(2)27-17(31(25)42)7-6-8-19(27)38)15-46-34-23(47-35)10-9-18-29(34)37(3)30-26(32(18)43)22(41)14-24(44-4)33(30)45-5/h6-14,38-41H,15H2,1-5H3. The van der Waals surface area contributed by atoms with Crippen LogP contribution in [0.25, 0.3) is 49.7 Å². The SMILES string of the molecule is COc1cc(O)c2c(=O)c3ccc4c(c3n(C)c2c1OC)OCC(C)(C=Cc1c(O)cc(O)c2c(=O)c3cccc(O)c3n(C)c12)O4. The van der Waals surface area contributed by atoms with Crippen LogP contribution in [0.15, 0.2) is 58.1 Å². The lowest BCUT2D eigenvalue weighted by Crippen LogP contribution is -2.40. The summed E-state index contributed by atoms with van der Waals surface area (Å²) in [6.45, 7) is 1.75. The van der Waals surface area contributed by atoms with Gasteiger partial charge in [-0.2, -0.15) is 0 Å². The Bertz CT molecular complexity index is 2500. The number of rotatable bonds is 4. The first-order valence-electron chi connectivity index (χ1n) is 14.5. The lowest BCUT2D eigenvalue weighted by atomic mass is 9.99. The van der Waals surface area contributed by atoms with Crippen LogP contribution in [-0.2, 0) is 14.1 Å². The fourth-order valence-corrected chi connectivity index (χ4v) is 6.59. The Morgan fingerprint density at radius 3 is 2.15 bits per heavy atom. The highest BCUT2D eigenvalue weighted by Gasteiger charge is 2.34. The van der Waals surface area contributed by atoms with Crippen LogP contribution >= 0.6 is 0 Å². The van der Waals surface area contributed by atoms with E-state index in [-0.39, 0.29) is 68.1 Å². The van der Waals surface area contributed by atoms with Crippen LogP contribution in [0, 0.1) is 0 Å². The second-order valence-corrected chi connectivity index (χ2v) is 11.7. The van der Waals surface area contributed by atoms with Gasteiger partial charge in [0.15, 0.2) is 28.6 Å². The zero-order chi connectivity index (χ0) is 33.5. The minimum absolute atomic E-state index is 0.0121. The largest absolute Gasteiger partial charge is 0.507 e. The summed E-state index contributed by atoms with van der Waals surface area (Å²) in [5.74, 6) is 0.0785. The minimum atomic E-state index is -1.09. The highest BCUT2D eigenvalue weighted by Crippen LogP contribution is 2.46. The van der Waals surface area contributed by atoms with Crippen molar-refractivity contribution in [1.82, 2.24) is 9.13 Å². The molecule has 1 atom stereocenters. The molecule has 0 spiro atoms. The summed E-state index contributed by atoms with van der Waals surface area (Å²) in [4.78, 5) is 27.1. The van der Waals surface area contributed by atoms with Crippen LogP contribution in [0.3, 0.4) is 0 Å². The molecule has 1 unspecified atom stereocenters. The normalized spacial score (nSPS) is 16.1. The highest BCUT2D eigenvalue weighted by molar-refractivity contribution is 6.04. The van der Waals surface area contributed by atoms with Gasteiger partial charge in [-0.25, -0.2) is 0 Å². The second kappa shape index (κ2) is 10.2. The molecule has 1 aliphatic rings. The molecular weight excluding hydrogens is 608 g/mol. The fraction of sp³-hybridized carbons (Fsp3) is 0.200. The van der Waals surface area contributed by atoms with Gasteiger partial charge in [-0.15, -0.1) is 0 Å². The lowest BCUT2D eigenvalue weighted by molar-refractivity contribution is 0.0461. The molecule has 7 rings (SSSR count). The number of hydrogen-bond donors (Lipinski definition) is 4. The van der Waals surface area contributed by atoms with Crippen molar-refractivity contribution < 1.29 is 39.4 Å². The molecule has 47 heavy (non-hydrogen) atoms. The van der Waals surface area contributed by atoms with Gasteiger partial charge in [0.25, 0.3) is 0 Å². The van der Waals surface area contributed by atoms with E-state index < -0.39 is 22.2 Å². The van der Waals surface area contributed by atoms with Gasteiger partial charge in [-0.1, -0.05) is 6.07 Å². The van der Waals surface area contributed by atoms with Crippen LogP contribution < -0.4 is 29.8 Å². The molecule has 3 heterocycles. The molecule has 0 saturated carbocycles. The van der Waals surface area contributed by atoms with Crippen molar-refractivity contribution in [2.45, 2.75) is 12.5 Å². The number of benzene rings is 4. The predicted octanol–water partition coefficient (Wildman–Crippen LogP) is 4.78. The number of phenols is 4. The van der Waals surface area contributed by atoms with Crippen molar-refractivity contribution in [1.29, 1.82) is 0 Å². The summed E-state index contributed by atoms with van der Waals surface area (Å²) in [6.07, 6.45) is 3.23. The van der Waals surface area contributed by atoms with Crippen molar-refractivity contribution in [3.63, 3.8) is 0 Å². The molecule has 0 fully saturated rings. The molecule has 1 aliphatic heterocycles. The summed E-state index contributed by atoms with van der Waals surface area (Å²) >= 11 is 0. The number of methoxy groups -OCH3 is 2. The molecule has 0 radical (unpaired) electrons. The van der Waals surface area contributed by atoms with Crippen molar-refractivity contribution in [3.05, 3.63) is 74.6 Å². The fourth-order valence-electron chi connectivity index (χ4n) is 6.59. The van der Waals surface area contributed by atoms with Crippen molar-refractivity contribution in [2.24, 2.45) is 14.1 Å². The summed E-state index contributed by atoms with van der Waals surface area (Å²) in [6, 6.07) is 10.2. The van der Waals surface area contributed by atoms with Crippen molar-refractivity contribution >= 4 is 49.7 Å². The summed E-state index contributed by atoms with van der Waals surface area (Å²) in [5, 5.41) is 43.5. The summed E-state index contributed by atoms with van der Waals surface area (Å²) < 4.78 is 26.9. The van der Waals surface area contributed by atoms with Gasteiger partial charge in [-0.3, -0.25) is 9.59 Å². The first kappa shape index (κ1) is 29.7. The van der Waals surface area contributed by atoms with Gasteiger partial charge in [0.2, 0.25) is 10.9 Å². The average Bonchev–Trinajstić information content (AvgIpc) is 3.04.